The molecule has 5 rings (SSSR count). The monoisotopic (exact) mass is 372 g/mol. The molecule has 0 radical (unpaired) electrons. The fourth-order valence-corrected chi connectivity index (χ4v) is 6.39. The minimum Gasteiger partial charge on any atom is -0.349 e. The maximum Gasteiger partial charge on any atom is 0.237 e. The lowest BCUT2D eigenvalue weighted by Crippen LogP contribution is -2.62. The van der Waals surface area contributed by atoms with Crippen LogP contribution in [0.1, 0.15) is 51.0 Å². The number of nitrogens with one attached hydrogen (secondary N) is 1. The van der Waals surface area contributed by atoms with Crippen molar-refractivity contribution in [3.05, 3.63) is 29.8 Å². The number of thioether (sulfide) groups is 1. The van der Waals surface area contributed by atoms with Crippen LogP contribution in [-0.2, 0) is 11.3 Å². The number of likely N-dealkylation sites (N-methyl/N-ethyl adjacent to an activating group) is 1. The molecule has 3 nitrogen and oxygen atoms in total. The summed E-state index contributed by atoms with van der Waals surface area (Å²) in [5.74, 6) is 2.81. The molecular weight excluding hydrogens is 340 g/mol. The fraction of sp³-hybridized carbons (Fsp3) is 0.682. The summed E-state index contributed by atoms with van der Waals surface area (Å²) in [5.41, 5.74) is 1.38. The lowest BCUT2D eigenvalue weighted by Gasteiger charge is -2.57. The van der Waals surface area contributed by atoms with E-state index in [9.17, 15) is 4.79 Å². The van der Waals surface area contributed by atoms with Crippen LogP contribution in [0.5, 0.6) is 0 Å². The molecule has 1 amide bonds. The Morgan fingerprint density at radius 3 is 2.19 bits per heavy atom. The van der Waals surface area contributed by atoms with Crippen LogP contribution >= 0.6 is 11.8 Å². The molecule has 0 spiro atoms. The van der Waals surface area contributed by atoms with Crippen molar-refractivity contribution in [2.75, 3.05) is 13.3 Å². The van der Waals surface area contributed by atoms with Gasteiger partial charge in [0.2, 0.25) is 5.91 Å². The van der Waals surface area contributed by atoms with Gasteiger partial charge in [-0.05, 0) is 94.2 Å². The summed E-state index contributed by atoms with van der Waals surface area (Å²) in [5, 5.41) is 3.53. The Labute approximate surface area is 162 Å². The van der Waals surface area contributed by atoms with Gasteiger partial charge >= 0.3 is 0 Å². The van der Waals surface area contributed by atoms with E-state index in [4.69, 9.17) is 0 Å². The summed E-state index contributed by atoms with van der Waals surface area (Å²) in [4.78, 5) is 16.5. The van der Waals surface area contributed by atoms with Gasteiger partial charge in [-0.2, -0.15) is 0 Å². The highest BCUT2D eigenvalue weighted by molar-refractivity contribution is 7.98. The fourth-order valence-electron chi connectivity index (χ4n) is 5.99. The molecule has 4 aliphatic carbocycles. The number of nitrogens with zero attached hydrogens (tertiary/aromatic N) is 1. The van der Waals surface area contributed by atoms with Crippen LogP contribution in [0.15, 0.2) is 29.2 Å². The highest BCUT2D eigenvalue weighted by Gasteiger charge is 2.51. The highest BCUT2D eigenvalue weighted by atomic mass is 32.2. The molecule has 1 atom stereocenters. The second kappa shape index (κ2) is 7.20. The Balaban J connectivity index is 1.36. The molecule has 0 saturated heterocycles. The summed E-state index contributed by atoms with van der Waals surface area (Å²) < 4.78 is 0. The zero-order valence-corrected chi connectivity index (χ0v) is 17.1. The van der Waals surface area contributed by atoms with Crippen LogP contribution in [0.25, 0.3) is 0 Å². The molecule has 0 heterocycles. The van der Waals surface area contributed by atoms with Crippen molar-refractivity contribution in [1.82, 2.24) is 10.2 Å². The average Bonchev–Trinajstić information content (AvgIpc) is 2.60. The summed E-state index contributed by atoms with van der Waals surface area (Å²) in [6.45, 7) is 2.86. The molecular formula is C22H32N2OS. The van der Waals surface area contributed by atoms with Crippen LogP contribution in [0.2, 0.25) is 0 Å². The molecule has 4 saturated carbocycles. The van der Waals surface area contributed by atoms with Crippen molar-refractivity contribution in [2.45, 2.75) is 68.5 Å². The second-order valence-electron chi connectivity index (χ2n) is 9.13. The van der Waals surface area contributed by atoms with Crippen molar-refractivity contribution < 1.29 is 4.79 Å². The molecule has 4 aliphatic rings. The molecule has 0 aromatic heterocycles. The maximum atomic E-state index is 13.0. The Bertz CT molecular complexity index is 621. The topological polar surface area (TPSA) is 32.3 Å². The molecule has 4 heteroatoms. The number of carbonyl (C=O) groups is 1. The maximum absolute atomic E-state index is 13.0. The van der Waals surface area contributed by atoms with Gasteiger partial charge in [0.25, 0.3) is 0 Å². The molecule has 1 aromatic rings. The third kappa shape index (κ3) is 3.68. The van der Waals surface area contributed by atoms with Crippen LogP contribution in [0.4, 0.5) is 0 Å². The third-order valence-corrected chi connectivity index (χ3v) is 7.80. The number of amides is 1. The third-order valence-electron chi connectivity index (χ3n) is 7.06. The van der Waals surface area contributed by atoms with Gasteiger partial charge in [-0.1, -0.05) is 12.1 Å². The minimum absolute atomic E-state index is 0.0942. The van der Waals surface area contributed by atoms with Gasteiger partial charge in [-0.15, -0.1) is 11.8 Å². The van der Waals surface area contributed by atoms with E-state index < -0.39 is 0 Å². The number of carbonyl (C=O) groups excluding carboxylic acids is 1. The van der Waals surface area contributed by atoms with Crippen molar-refractivity contribution in [3.8, 4) is 0 Å². The standard InChI is InChI=1S/C22H32N2OS/c1-15(24(2)14-16-4-6-20(26-3)7-5-16)21(25)23-22-11-17-8-18(12-22)10-19(9-17)13-22/h4-7,15,17-19H,8-14H2,1-3H3,(H,23,25)/t15-,17?,18?,19?,22?/m0/s1. The van der Waals surface area contributed by atoms with Gasteiger partial charge in [0.05, 0.1) is 6.04 Å². The van der Waals surface area contributed by atoms with E-state index in [-0.39, 0.29) is 17.5 Å². The number of benzene rings is 1. The van der Waals surface area contributed by atoms with Crippen molar-refractivity contribution in [2.24, 2.45) is 17.8 Å². The van der Waals surface area contributed by atoms with Crippen molar-refractivity contribution >= 4 is 17.7 Å². The van der Waals surface area contributed by atoms with E-state index in [0.29, 0.717) is 0 Å². The quantitative estimate of drug-likeness (QED) is 0.755. The Morgan fingerprint density at radius 1 is 1.15 bits per heavy atom. The van der Waals surface area contributed by atoms with Gasteiger partial charge in [-0.25, -0.2) is 0 Å². The summed E-state index contributed by atoms with van der Waals surface area (Å²) in [7, 11) is 2.06. The molecule has 4 fully saturated rings. The normalized spacial score (nSPS) is 33.5. The second-order valence-corrected chi connectivity index (χ2v) is 10.0. The predicted molar refractivity (Wildman–Crippen MR) is 108 cm³/mol. The van der Waals surface area contributed by atoms with Gasteiger partial charge in [0, 0.05) is 17.0 Å². The Kier molecular flexibility index (Phi) is 5.08. The van der Waals surface area contributed by atoms with Crippen molar-refractivity contribution in [3.63, 3.8) is 0 Å². The van der Waals surface area contributed by atoms with E-state index in [0.717, 1.165) is 24.3 Å². The first kappa shape index (κ1) is 18.4. The van der Waals surface area contributed by atoms with E-state index in [1.54, 1.807) is 11.8 Å². The lowest BCUT2D eigenvalue weighted by molar-refractivity contribution is -0.131. The Hall–Kier alpha value is -1.00. The molecule has 4 bridgehead atoms. The molecule has 0 unspecified atom stereocenters. The van der Waals surface area contributed by atoms with E-state index in [2.05, 4.69) is 47.8 Å². The van der Waals surface area contributed by atoms with Gasteiger partial charge < -0.3 is 5.32 Å². The number of hydrogen-bond donors (Lipinski definition) is 1. The summed E-state index contributed by atoms with van der Waals surface area (Å²) in [6.07, 6.45) is 9.99. The van der Waals surface area contributed by atoms with Gasteiger partial charge in [-0.3, -0.25) is 9.69 Å². The first-order valence-corrected chi connectivity index (χ1v) is 11.3. The van der Waals surface area contributed by atoms with Crippen LogP contribution < -0.4 is 5.32 Å². The van der Waals surface area contributed by atoms with Crippen LogP contribution in [0.3, 0.4) is 0 Å². The minimum atomic E-state index is -0.0942. The summed E-state index contributed by atoms with van der Waals surface area (Å²) in [6, 6.07) is 8.57. The zero-order valence-electron chi connectivity index (χ0n) is 16.3. The summed E-state index contributed by atoms with van der Waals surface area (Å²) >= 11 is 1.76. The molecule has 1 N–H and O–H groups in total. The smallest absolute Gasteiger partial charge is 0.237 e. The largest absolute Gasteiger partial charge is 0.349 e. The SMILES string of the molecule is CSc1ccc(CN(C)[C@@H](C)C(=O)NC23CC4CC(CC(C4)C2)C3)cc1. The molecule has 0 aliphatic heterocycles. The molecule has 26 heavy (non-hydrogen) atoms. The highest BCUT2D eigenvalue weighted by Crippen LogP contribution is 2.55. The van der Waals surface area contributed by atoms with E-state index >= 15 is 0 Å². The molecule has 1 aromatic carbocycles. The van der Waals surface area contributed by atoms with Gasteiger partial charge in [0.15, 0.2) is 0 Å². The average molecular weight is 373 g/mol. The van der Waals surface area contributed by atoms with Crippen molar-refractivity contribution in [1.29, 1.82) is 0 Å². The first-order valence-electron chi connectivity index (χ1n) is 10.1. The first-order chi connectivity index (χ1) is 12.5. The Morgan fingerprint density at radius 2 is 1.69 bits per heavy atom. The van der Waals surface area contributed by atoms with Crippen LogP contribution in [-0.4, -0.2) is 35.7 Å². The van der Waals surface area contributed by atoms with E-state index in [1.807, 2.05) is 6.92 Å². The number of rotatable bonds is 6. The zero-order chi connectivity index (χ0) is 18.3. The number of hydrogen-bond acceptors (Lipinski definition) is 3. The predicted octanol–water partition coefficient (Wildman–Crippen LogP) is 4.31. The van der Waals surface area contributed by atoms with Crippen LogP contribution in [0, 0.1) is 17.8 Å². The van der Waals surface area contributed by atoms with Gasteiger partial charge in [0.1, 0.15) is 0 Å². The lowest BCUT2D eigenvalue weighted by atomic mass is 9.53. The molecule has 142 valence electrons. The van der Waals surface area contributed by atoms with E-state index in [1.165, 1.54) is 49.0 Å².